The van der Waals surface area contributed by atoms with Crippen molar-refractivity contribution in [1.82, 2.24) is 10.0 Å². The number of aromatic nitrogens is 1. The molecule has 1 unspecified atom stereocenters. The molecule has 0 saturated heterocycles. The van der Waals surface area contributed by atoms with Crippen LogP contribution >= 0.6 is 0 Å². The number of pyridine rings is 1. The van der Waals surface area contributed by atoms with Crippen molar-refractivity contribution in [2.75, 3.05) is 0 Å². The average Bonchev–Trinajstić information content (AvgIpc) is 2.54. The summed E-state index contributed by atoms with van der Waals surface area (Å²) in [6.45, 7) is 1.51. The van der Waals surface area contributed by atoms with E-state index in [0.29, 0.717) is 16.5 Å². The lowest BCUT2D eigenvalue weighted by Crippen LogP contribution is -2.38. The van der Waals surface area contributed by atoms with Crippen LogP contribution in [-0.2, 0) is 0 Å². The van der Waals surface area contributed by atoms with Gasteiger partial charge in [-0.1, -0.05) is 12.0 Å². The number of hydroxylamine groups is 2. The molecule has 1 aromatic heterocycles. The maximum absolute atomic E-state index is 12.8. The van der Waals surface area contributed by atoms with Crippen LogP contribution in [0.25, 0.3) is 0 Å². The van der Waals surface area contributed by atoms with E-state index in [2.05, 4.69) is 16.8 Å². The molecule has 0 aliphatic rings. The number of carbonyl (C=O) groups excluding carboxylic acids is 1. The molecule has 0 radical (unpaired) electrons. The van der Waals surface area contributed by atoms with Crippen LogP contribution in [0.15, 0.2) is 42.5 Å². The zero-order chi connectivity index (χ0) is 16.8. The Labute approximate surface area is 132 Å². The third-order valence-corrected chi connectivity index (χ3v) is 2.76. The quantitative estimate of drug-likeness (QED) is 0.517. The number of ether oxygens (including phenoxy) is 1. The van der Waals surface area contributed by atoms with Crippen LogP contribution in [0.5, 0.6) is 11.6 Å². The normalized spacial score (nSPS) is 11.1. The van der Waals surface area contributed by atoms with Gasteiger partial charge in [0.1, 0.15) is 23.3 Å². The molecule has 0 aliphatic carbocycles. The van der Waals surface area contributed by atoms with Gasteiger partial charge in [-0.3, -0.25) is 5.21 Å². The molecule has 0 spiro atoms. The van der Waals surface area contributed by atoms with Gasteiger partial charge in [-0.05, 0) is 43.2 Å². The standard InChI is InChI=1S/C16H14FN3O3/c1-11(20(22)16(18)21)5-8-13-3-2-4-15(19-13)23-14-9-6-12(17)7-10-14/h2-4,6-7,9-11,22H,1H3,(H2,18,21). The number of amides is 2. The minimum atomic E-state index is -0.992. The fourth-order valence-corrected chi connectivity index (χ4v) is 1.60. The molecular formula is C16H14FN3O3. The van der Waals surface area contributed by atoms with Gasteiger partial charge in [-0.15, -0.1) is 0 Å². The lowest BCUT2D eigenvalue weighted by atomic mass is 10.3. The summed E-state index contributed by atoms with van der Waals surface area (Å²) in [6.07, 6.45) is 0. The summed E-state index contributed by atoms with van der Waals surface area (Å²) in [5.74, 6) is 5.70. The number of urea groups is 1. The Morgan fingerprint density at radius 2 is 2.04 bits per heavy atom. The van der Waals surface area contributed by atoms with Gasteiger partial charge in [-0.25, -0.2) is 14.2 Å². The molecule has 3 N–H and O–H groups in total. The second-order valence-corrected chi connectivity index (χ2v) is 4.55. The highest BCUT2D eigenvalue weighted by Gasteiger charge is 2.11. The summed E-state index contributed by atoms with van der Waals surface area (Å²) >= 11 is 0. The van der Waals surface area contributed by atoms with Gasteiger partial charge in [0.25, 0.3) is 0 Å². The summed E-state index contributed by atoms with van der Waals surface area (Å²) in [7, 11) is 0. The van der Waals surface area contributed by atoms with Crippen LogP contribution < -0.4 is 10.5 Å². The van der Waals surface area contributed by atoms with Crippen molar-refractivity contribution >= 4 is 6.03 Å². The van der Waals surface area contributed by atoms with Crippen LogP contribution in [0.4, 0.5) is 9.18 Å². The second-order valence-electron chi connectivity index (χ2n) is 4.55. The van der Waals surface area contributed by atoms with Crippen molar-refractivity contribution in [3.63, 3.8) is 0 Å². The summed E-state index contributed by atoms with van der Waals surface area (Å²) in [5, 5.41) is 9.65. The molecular weight excluding hydrogens is 301 g/mol. The Hall–Kier alpha value is -3.11. The highest BCUT2D eigenvalue weighted by molar-refractivity contribution is 5.71. The lowest BCUT2D eigenvalue weighted by molar-refractivity contribution is -0.0536. The molecule has 0 bridgehead atoms. The number of halogens is 1. The third kappa shape index (κ3) is 4.69. The van der Waals surface area contributed by atoms with E-state index in [1.165, 1.54) is 31.2 Å². The van der Waals surface area contributed by atoms with Crippen molar-refractivity contribution in [3.05, 3.63) is 54.0 Å². The van der Waals surface area contributed by atoms with E-state index >= 15 is 0 Å². The van der Waals surface area contributed by atoms with Gasteiger partial charge >= 0.3 is 6.03 Å². The zero-order valence-corrected chi connectivity index (χ0v) is 12.2. The first kappa shape index (κ1) is 16.3. The number of rotatable bonds is 3. The molecule has 2 rings (SSSR count). The molecule has 7 heteroatoms. The fourth-order valence-electron chi connectivity index (χ4n) is 1.60. The summed E-state index contributed by atoms with van der Waals surface area (Å²) < 4.78 is 18.3. The van der Waals surface area contributed by atoms with Crippen LogP contribution in [-0.4, -0.2) is 27.3 Å². The first-order chi connectivity index (χ1) is 11.0. The Kier molecular flexibility index (Phi) is 5.12. The topological polar surface area (TPSA) is 88.7 Å². The molecule has 0 saturated carbocycles. The van der Waals surface area contributed by atoms with Gasteiger partial charge in [0.05, 0.1) is 0 Å². The van der Waals surface area contributed by atoms with E-state index < -0.39 is 12.1 Å². The molecule has 1 atom stereocenters. The smallest absolute Gasteiger partial charge is 0.339 e. The SMILES string of the molecule is CC(C#Cc1cccc(Oc2ccc(F)cc2)n1)N(O)C(N)=O. The maximum atomic E-state index is 12.8. The maximum Gasteiger partial charge on any atom is 0.339 e. The molecule has 1 aromatic carbocycles. The van der Waals surface area contributed by atoms with Gasteiger partial charge in [0.2, 0.25) is 5.88 Å². The monoisotopic (exact) mass is 315 g/mol. The van der Waals surface area contributed by atoms with E-state index in [1.54, 1.807) is 18.2 Å². The molecule has 0 aliphatic heterocycles. The lowest BCUT2D eigenvalue weighted by Gasteiger charge is -2.14. The first-order valence-electron chi connectivity index (χ1n) is 6.65. The molecule has 2 amide bonds. The fraction of sp³-hybridized carbons (Fsp3) is 0.125. The predicted octanol–water partition coefficient (Wildman–Crippen LogP) is 2.52. The Bertz CT molecular complexity index is 753. The predicted molar refractivity (Wildman–Crippen MR) is 80.3 cm³/mol. The molecule has 6 nitrogen and oxygen atoms in total. The van der Waals surface area contributed by atoms with Crippen molar-refractivity contribution in [2.24, 2.45) is 5.73 Å². The second kappa shape index (κ2) is 7.24. The minimum Gasteiger partial charge on any atom is -0.439 e. The Morgan fingerprint density at radius 3 is 2.70 bits per heavy atom. The van der Waals surface area contributed by atoms with E-state index in [0.717, 1.165) is 0 Å². The first-order valence-corrected chi connectivity index (χ1v) is 6.65. The zero-order valence-electron chi connectivity index (χ0n) is 12.2. The third-order valence-electron chi connectivity index (χ3n) is 2.76. The van der Waals surface area contributed by atoms with Crippen molar-refractivity contribution in [1.29, 1.82) is 0 Å². The Balaban J connectivity index is 2.11. The van der Waals surface area contributed by atoms with Gasteiger partial charge in [-0.2, -0.15) is 5.06 Å². The summed E-state index contributed by atoms with van der Waals surface area (Å²) in [6, 6.07) is 8.70. The number of carbonyl (C=O) groups is 1. The number of hydrogen-bond acceptors (Lipinski definition) is 4. The minimum absolute atomic E-state index is 0.284. The van der Waals surface area contributed by atoms with Crippen molar-refractivity contribution in [3.8, 4) is 23.5 Å². The Morgan fingerprint density at radius 1 is 1.35 bits per heavy atom. The number of nitrogens with zero attached hydrogens (tertiary/aromatic N) is 2. The summed E-state index contributed by atoms with van der Waals surface area (Å²) in [4.78, 5) is 15.0. The number of primary amides is 1. The van der Waals surface area contributed by atoms with Gasteiger partial charge in [0, 0.05) is 6.07 Å². The summed E-state index contributed by atoms with van der Waals surface area (Å²) in [5.41, 5.74) is 5.32. The molecule has 23 heavy (non-hydrogen) atoms. The van der Waals surface area contributed by atoms with Gasteiger partial charge in [0.15, 0.2) is 0 Å². The van der Waals surface area contributed by atoms with Crippen molar-refractivity contribution in [2.45, 2.75) is 13.0 Å². The number of benzene rings is 1. The van der Waals surface area contributed by atoms with Crippen LogP contribution in [0, 0.1) is 17.7 Å². The average molecular weight is 315 g/mol. The van der Waals surface area contributed by atoms with E-state index in [-0.39, 0.29) is 11.7 Å². The van der Waals surface area contributed by atoms with E-state index in [1.807, 2.05) is 0 Å². The number of nitrogens with two attached hydrogens (primary N) is 1. The van der Waals surface area contributed by atoms with Crippen molar-refractivity contribution < 1.29 is 19.1 Å². The van der Waals surface area contributed by atoms with Crippen LogP contribution in [0.2, 0.25) is 0 Å². The molecule has 118 valence electrons. The van der Waals surface area contributed by atoms with E-state index in [4.69, 9.17) is 10.5 Å². The largest absolute Gasteiger partial charge is 0.439 e. The van der Waals surface area contributed by atoms with Gasteiger partial charge < -0.3 is 10.5 Å². The molecule has 1 heterocycles. The highest BCUT2D eigenvalue weighted by atomic mass is 19.1. The van der Waals surface area contributed by atoms with Crippen LogP contribution in [0.3, 0.4) is 0 Å². The molecule has 2 aromatic rings. The highest BCUT2D eigenvalue weighted by Crippen LogP contribution is 2.19. The number of hydrogen-bond donors (Lipinski definition) is 2. The van der Waals surface area contributed by atoms with Crippen LogP contribution in [0.1, 0.15) is 12.6 Å². The molecule has 0 fully saturated rings. The van der Waals surface area contributed by atoms with E-state index in [9.17, 15) is 14.4 Å².